The molecule has 0 unspecified atom stereocenters. The largest absolute Gasteiger partial charge is 0.385 e. The Bertz CT molecular complexity index is 685. The van der Waals surface area contributed by atoms with Crippen LogP contribution < -0.4 is 10.2 Å². The number of methoxy groups -OCH3 is 1. The third-order valence-corrected chi connectivity index (χ3v) is 4.39. The zero-order valence-corrected chi connectivity index (χ0v) is 15.1. The Morgan fingerprint density at radius 2 is 1.88 bits per heavy atom. The number of carbonyl (C=O) groups is 1. The van der Waals surface area contributed by atoms with Gasteiger partial charge in [0.05, 0.1) is 12.4 Å². The quantitative estimate of drug-likeness (QED) is 0.765. The van der Waals surface area contributed by atoms with Gasteiger partial charge in [-0.15, -0.1) is 0 Å². The Kier molecular flexibility index (Phi) is 6.38. The Balaban J connectivity index is 1.50. The van der Waals surface area contributed by atoms with Crippen LogP contribution in [0.15, 0.2) is 42.7 Å². The fraction of sp³-hybridized carbons (Fsp3) is 0.421. The van der Waals surface area contributed by atoms with Gasteiger partial charge in [0, 0.05) is 52.1 Å². The summed E-state index contributed by atoms with van der Waals surface area (Å²) in [5, 5.41) is 3.16. The second-order valence-corrected chi connectivity index (χ2v) is 6.17. The van der Waals surface area contributed by atoms with E-state index in [-0.39, 0.29) is 5.91 Å². The normalized spacial score (nSPS) is 14.3. The number of piperazine rings is 1. The summed E-state index contributed by atoms with van der Waals surface area (Å²) in [6, 6.07) is 10.3. The van der Waals surface area contributed by atoms with Crippen LogP contribution in [0, 0.1) is 0 Å². The molecule has 2 aromatic rings. The number of amides is 1. The van der Waals surface area contributed by atoms with E-state index in [1.807, 2.05) is 23.1 Å². The summed E-state index contributed by atoms with van der Waals surface area (Å²) in [6.07, 6.45) is 4.05. The van der Waals surface area contributed by atoms with Gasteiger partial charge in [0.25, 0.3) is 5.91 Å². The van der Waals surface area contributed by atoms with Crippen molar-refractivity contribution in [1.82, 2.24) is 14.9 Å². The molecule has 3 rings (SSSR count). The van der Waals surface area contributed by atoms with Crippen molar-refractivity contribution >= 4 is 17.4 Å². The Morgan fingerprint density at radius 3 is 2.54 bits per heavy atom. The molecule has 2 heterocycles. The number of rotatable bonds is 7. The predicted molar refractivity (Wildman–Crippen MR) is 102 cm³/mol. The molecule has 0 atom stereocenters. The van der Waals surface area contributed by atoms with Crippen LogP contribution in [0.2, 0.25) is 0 Å². The first-order chi connectivity index (χ1) is 12.8. The lowest BCUT2D eigenvalue weighted by Gasteiger charge is -2.35. The fourth-order valence-corrected chi connectivity index (χ4v) is 2.93. The molecule has 7 heteroatoms. The zero-order valence-electron chi connectivity index (χ0n) is 15.1. The summed E-state index contributed by atoms with van der Waals surface area (Å²) in [6.45, 7) is 4.48. The third-order valence-electron chi connectivity index (χ3n) is 4.39. The van der Waals surface area contributed by atoms with Gasteiger partial charge in [-0.3, -0.25) is 4.79 Å². The van der Waals surface area contributed by atoms with Crippen molar-refractivity contribution in [2.45, 2.75) is 6.42 Å². The van der Waals surface area contributed by atoms with Gasteiger partial charge in [-0.2, -0.15) is 0 Å². The van der Waals surface area contributed by atoms with E-state index >= 15 is 0 Å². The average Bonchev–Trinajstić information content (AvgIpc) is 2.72. The van der Waals surface area contributed by atoms with Crippen LogP contribution in [-0.2, 0) is 4.74 Å². The Hall–Kier alpha value is -2.67. The Morgan fingerprint density at radius 1 is 1.12 bits per heavy atom. The highest BCUT2D eigenvalue weighted by Crippen LogP contribution is 2.16. The molecule has 1 aliphatic heterocycles. The highest BCUT2D eigenvalue weighted by atomic mass is 16.5. The molecule has 1 aliphatic rings. The molecule has 1 amide bonds. The van der Waals surface area contributed by atoms with Crippen molar-refractivity contribution in [3.8, 4) is 0 Å². The highest BCUT2D eigenvalue weighted by Gasteiger charge is 2.23. The van der Waals surface area contributed by atoms with Crippen molar-refractivity contribution in [2.24, 2.45) is 0 Å². The number of para-hydroxylation sites is 1. The number of aromatic nitrogens is 2. The zero-order chi connectivity index (χ0) is 18.2. The first kappa shape index (κ1) is 18.1. The minimum absolute atomic E-state index is 0.0591. The van der Waals surface area contributed by atoms with Gasteiger partial charge in [0.15, 0.2) is 0 Å². The summed E-state index contributed by atoms with van der Waals surface area (Å²) in [5.74, 6) is 0.614. The minimum atomic E-state index is -0.0591. The van der Waals surface area contributed by atoms with Gasteiger partial charge in [-0.05, 0) is 18.6 Å². The number of hydrogen-bond acceptors (Lipinski definition) is 6. The van der Waals surface area contributed by atoms with Crippen molar-refractivity contribution in [1.29, 1.82) is 0 Å². The van der Waals surface area contributed by atoms with Crippen molar-refractivity contribution in [2.75, 3.05) is 56.7 Å². The van der Waals surface area contributed by atoms with Crippen LogP contribution in [0.3, 0.4) is 0 Å². The summed E-state index contributed by atoms with van der Waals surface area (Å²) in [7, 11) is 1.68. The van der Waals surface area contributed by atoms with E-state index in [4.69, 9.17) is 4.74 Å². The smallest absolute Gasteiger partial charge is 0.274 e. The molecule has 0 aliphatic carbocycles. The first-order valence-electron chi connectivity index (χ1n) is 8.92. The number of carbonyl (C=O) groups excluding carboxylic acids is 1. The second kappa shape index (κ2) is 9.15. The first-order valence-corrected chi connectivity index (χ1v) is 8.92. The molecular formula is C19H25N5O2. The SMILES string of the molecule is COCCCNc1cnc(C(=O)N2CCN(c3ccccc3)CC2)cn1. The van der Waals surface area contributed by atoms with E-state index in [1.54, 1.807) is 19.5 Å². The van der Waals surface area contributed by atoms with Crippen LogP contribution in [-0.4, -0.2) is 67.2 Å². The third kappa shape index (κ3) is 4.70. The van der Waals surface area contributed by atoms with Crippen molar-refractivity contribution in [3.63, 3.8) is 0 Å². The number of nitrogens with one attached hydrogen (secondary N) is 1. The van der Waals surface area contributed by atoms with Gasteiger partial charge < -0.3 is 19.9 Å². The monoisotopic (exact) mass is 355 g/mol. The molecule has 0 spiro atoms. The molecule has 26 heavy (non-hydrogen) atoms. The topological polar surface area (TPSA) is 70.6 Å². The van der Waals surface area contributed by atoms with Crippen molar-refractivity contribution in [3.05, 3.63) is 48.4 Å². The van der Waals surface area contributed by atoms with E-state index in [0.29, 0.717) is 31.2 Å². The molecule has 0 bridgehead atoms. The van der Waals surface area contributed by atoms with Crippen LogP contribution in [0.1, 0.15) is 16.9 Å². The van der Waals surface area contributed by atoms with Gasteiger partial charge in [-0.1, -0.05) is 18.2 Å². The molecule has 0 radical (unpaired) electrons. The van der Waals surface area contributed by atoms with E-state index in [0.717, 1.165) is 26.1 Å². The molecule has 1 fully saturated rings. The molecular weight excluding hydrogens is 330 g/mol. The number of benzene rings is 1. The lowest BCUT2D eigenvalue weighted by Crippen LogP contribution is -2.49. The maximum atomic E-state index is 12.6. The second-order valence-electron chi connectivity index (χ2n) is 6.17. The van der Waals surface area contributed by atoms with E-state index in [2.05, 4.69) is 32.3 Å². The number of anilines is 2. The summed E-state index contributed by atoms with van der Waals surface area (Å²) >= 11 is 0. The molecule has 1 saturated heterocycles. The Labute approximate surface area is 154 Å². The van der Waals surface area contributed by atoms with E-state index in [9.17, 15) is 4.79 Å². The average molecular weight is 355 g/mol. The summed E-state index contributed by atoms with van der Waals surface area (Å²) < 4.78 is 5.00. The molecule has 7 nitrogen and oxygen atoms in total. The maximum absolute atomic E-state index is 12.6. The van der Waals surface area contributed by atoms with Crippen LogP contribution >= 0.6 is 0 Å². The molecule has 0 saturated carbocycles. The minimum Gasteiger partial charge on any atom is -0.385 e. The molecule has 1 aromatic carbocycles. The van der Waals surface area contributed by atoms with Gasteiger partial charge in [-0.25, -0.2) is 9.97 Å². The lowest BCUT2D eigenvalue weighted by atomic mass is 10.2. The summed E-state index contributed by atoms with van der Waals surface area (Å²) in [4.78, 5) is 25.3. The summed E-state index contributed by atoms with van der Waals surface area (Å²) in [5.41, 5.74) is 1.59. The maximum Gasteiger partial charge on any atom is 0.274 e. The molecule has 1 aromatic heterocycles. The van der Waals surface area contributed by atoms with E-state index < -0.39 is 0 Å². The highest BCUT2D eigenvalue weighted by molar-refractivity contribution is 5.92. The van der Waals surface area contributed by atoms with Gasteiger partial charge >= 0.3 is 0 Å². The number of ether oxygens (including phenoxy) is 1. The fourth-order valence-electron chi connectivity index (χ4n) is 2.93. The number of hydrogen-bond donors (Lipinski definition) is 1. The van der Waals surface area contributed by atoms with Crippen molar-refractivity contribution < 1.29 is 9.53 Å². The standard InChI is InChI=1S/C19H25N5O2/c1-26-13-5-8-20-18-15-21-17(14-22-18)19(25)24-11-9-23(10-12-24)16-6-3-2-4-7-16/h2-4,6-7,14-15H,5,8-13H2,1H3,(H,20,22). The lowest BCUT2D eigenvalue weighted by molar-refractivity contribution is 0.0740. The van der Waals surface area contributed by atoms with Crippen LogP contribution in [0.5, 0.6) is 0 Å². The predicted octanol–water partition coefficient (Wildman–Crippen LogP) is 1.89. The molecule has 1 N–H and O–H groups in total. The van der Waals surface area contributed by atoms with Gasteiger partial charge in [0.2, 0.25) is 0 Å². The molecule has 138 valence electrons. The van der Waals surface area contributed by atoms with Crippen LogP contribution in [0.4, 0.5) is 11.5 Å². The van der Waals surface area contributed by atoms with Gasteiger partial charge in [0.1, 0.15) is 11.5 Å². The van der Waals surface area contributed by atoms with E-state index in [1.165, 1.54) is 5.69 Å². The number of nitrogens with zero attached hydrogens (tertiary/aromatic N) is 4. The van der Waals surface area contributed by atoms with Crippen LogP contribution in [0.25, 0.3) is 0 Å².